The molecule has 0 N–H and O–H groups in total. The van der Waals surface area contributed by atoms with Gasteiger partial charge >= 0.3 is 5.97 Å². The van der Waals surface area contributed by atoms with Gasteiger partial charge in [-0.05, 0) is 42.5 Å². The summed E-state index contributed by atoms with van der Waals surface area (Å²) in [5, 5.41) is 3.96. The van der Waals surface area contributed by atoms with Crippen molar-refractivity contribution in [2.45, 2.75) is 6.61 Å². The molecule has 0 atom stereocenters. The van der Waals surface area contributed by atoms with Gasteiger partial charge in [0.2, 0.25) is 5.89 Å². The van der Waals surface area contributed by atoms with E-state index in [1.807, 2.05) is 0 Å². The number of carbonyl (C=O) groups is 1. The zero-order valence-electron chi connectivity index (χ0n) is 15.3. The number of benzene rings is 2. The van der Waals surface area contributed by atoms with Gasteiger partial charge in [-0.15, -0.1) is 0 Å². The molecule has 0 unspecified atom stereocenters. The molecule has 0 saturated heterocycles. The highest BCUT2D eigenvalue weighted by Gasteiger charge is 2.15. The standard InChI is InChI=1S/C21H13F2N3O4/c22-13-5-7-14(8-6-13)26-20(27)10-9-17(25-26)21(28)29-12-19-24-11-18(30-19)15-3-1-2-4-16(15)23/h1-11H,12H2. The molecule has 0 aliphatic carbocycles. The van der Waals surface area contributed by atoms with Crippen LogP contribution in [0.2, 0.25) is 0 Å². The summed E-state index contributed by atoms with van der Waals surface area (Å²) >= 11 is 0. The van der Waals surface area contributed by atoms with Gasteiger partial charge in [0.1, 0.15) is 11.6 Å². The molecule has 0 radical (unpaired) electrons. The van der Waals surface area contributed by atoms with Crippen molar-refractivity contribution in [2.75, 3.05) is 0 Å². The zero-order chi connectivity index (χ0) is 21.1. The van der Waals surface area contributed by atoms with E-state index in [1.165, 1.54) is 48.7 Å². The van der Waals surface area contributed by atoms with E-state index in [0.29, 0.717) is 5.69 Å². The van der Waals surface area contributed by atoms with Crippen molar-refractivity contribution in [3.8, 4) is 17.0 Å². The summed E-state index contributed by atoms with van der Waals surface area (Å²) in [5.41, 5.74) is -0.117. The minimum absolute atomic E-state index is 0.0634. The van der Waals surface area contributed by atoms with Crippen LogP contribution < -0.4 is 5.56 Å². The summed E-state index contributed by atoms with van der Waals surface area (Å²) in [7, 11) is 0. The lowest BCUT2D eigenvalue weighted by Gasteiger charge is -2.06. The van der Waals surface area contributed by atoms with Gasteiger partial charge in [0.15, 0.2) is 18.1 Å². The van der Waals surface area contributed by atoms with Crippen LogP contribution >= 0.6 is 0 Å². The van der Waals surface area contributed by atoms with Crippen LogP contribution in [-0.4, -0.2) is 20.7 Å². The van der Waals surface area contributed by atoms with Crippen LogP contribution in [0.5, 0.6) is 0 Å². The Labute approximate surface area is 168 Å². The number of carbonyl (C=O) groups excluding carboxylic acids is 1. The number of ether oxygens (including phenoxy) is 1. The first-order chi connectivity index (χ1) is 14.5. The van der Waals surface area contributed by atoms with Crippen LogP contribution in [0, 0.1) is 11.6 Å². The Morgan fingerprint density at radius 3 is 2.57 bits per heavy atom. The predicted molar refractivity (Wildman–Crippen MR) is 101 cm³/mol. The Kier molecular flexibility index (Phi) is 5.17. The first kappa shape index (κ1) is 19.2. The summed E-state index contributed by atoms with van der Waals surface area (Å²) in [4.78, 5) is 28.3. The van der Waals surface area contributed by atoms with Crippen LogP contribution in [0.3, 0.4) is 0 Å². The van der Waals surface area contributed by atoms with Crippen molar-refractivity contribution in [3.05, 3.63) is 100 Å². The molecule has 0 aliphatic heterocycles. The van der Waals surface area contributed by atoms with Gasteiger partial charge < -0.3 is 9.15 Å². The lowest BCUT2D eigenvalue weighted by Crippen LogP contribution is -2.23. The third-order valence-electron chi connectivity index (χ3n) is 4.10. The average Bonchev–Trinajstić information content (AvgIpc) is 3.22. The van der Waals surface area contributed by atoms with E-state index in [-0.39, 0.29) is 29.5 Å². The molecule has 2 aromatic carbocycles. The van der Waals surface area contributed by atoms with Crippen molar-refractivity contribution >= 4 is 5.97 Å². The largest absolute Gasteiger partial charge is 0.451 e. The van der Waals surface area contributed by atoms with Crippen molar-refractivity contribution in [1.29, 1.82) is 0 Å². The smallest absolute Gasteiger partial charge is 0.359 e. The van der Waals surface area contributed by atoms with Crippen LogP contribution in [0.25, 0.3) is 17.0 Å². The van der Waals surface area contributed by atoms with Gasteiger partial charge in [0.25, 0.3) is 5.56 Å². The monoisotopic (exact) mass is 409 g/mol. The second-order valence-corrected chi connectivity index (χ2v) is 6.12. The summed E-state index contributed by atoms with van der Waals surface area (Å²) in [6.45, 7) is -0.315. The van der Waals surface area contributed by atoms with E-state index in [4.69, 9.17) is 9.15 Å². The first-order valence-electron chi connectivity index (χ1n) is 8.74. The normalized spacial score (nSPS) is 10.7. The lowest BCUT2D eigenvalue weighted by molar-refractivity contribution is 0.0429. The maximum atomic E-state index is 13.8. The molecule has 0 saturated carbocycles. The van der Waals surface area contributed by atoms with Crippen LogP contribution in [0.1, 0.15) is 16.4 Å². The van der Waals surface area contributed by atoms with Crippen LogP contribution in [0.15, 0.2) is 76.1 Å². The number of rotatable bonds is 5. The van der Waals surface area contributed by atoms with Gasteiger partial charge in [-0.2, -0.15) is 9.78 Å². The number of hydrogen-bond acceptors (Lipinski definition) is 6. The fraction of sp³-hybridized carbons (Fsp3) is 0.0476. The van der Waals surface area contributed by atoms with Crippen molar-refractivity contribution in [3.63, 3.8) is 0 Å². The van der Waals surface area contributed by atoms with Crippen molar-refractivity contribution in [1.82, 2.24) is 14.8 Å². The third-order valence-corrected chi connectivity index (χ3v) is 4.10. The van der Waals surface area contributed by atoms with Gasteiger partial charge in [-0.1, -0.05) is 12.1 Å². The van der Waals surface area contributed by atoms with E-state index in [0.717, 1.165) is 10.7 Å². The van der Waals surface area contributed by atoms with Crippen molar-refractivity contribution < 1.29 is 22.7 Å². The molecular formula is C21H13F2N3O4. The molecule has 7 nitrogen and oxygen atoms in total. The Balaban J connectivity index is 1.49. The highest BCUT2D eigenvalue weighted by molar-refractivity contribution is 5.86. The summed E-state index contributed by atoms with van der Waals surface area (Å²) in [6, 6.07) is 13.5. The van der Waals surface area contributed by atoms with E-state index in [9.17, 15) is 18.4 Å². The van der Waals surface area contributed by atoms with Gasteiger partial charge in [-0.25, -0.2) is 18.6 Å². The topological polar surface area (TPSA) is 87.2 Å². The molecule has 9 heteroatoms. The molecule has 0 amide bonds. The lowest BCUT2D eigenvalue weighted by atomic mass is 10.2. The number of esters is 1. The van der Waals surface area contributed by atoms with Gasteiger partial charge in [-0.3, -0.25) is 4.79 Å². The fourth-order valence-electron chi connectivity index (χ4n) is 2.65. The van der Waals surface area contributed by atoms with Crippen molar-refractivity contribution in [2.24, 2.45) is 0 Å². The maximum Gasteiger partial charge on any atom is 0.359 e. The average molecular weight is 409 g/mol. The first-order valence-corrected chi connectivity index (χ1v) is 8.74. The molecule has 2 aromatic heterocycles. The SMILES string of the molecule is O=C(OCc1ncc(-c2ccccc2F)o1)c1ccc(=O)n(-c2ccc(F)cc2)n1. The number of aromatic nitrogens is 3. The summed E-state index contributed by atoms with van der Waals surface area (Å²) < 4.78 is 38.4. The highest BCUT2D eigenvalue weighted by atomic mass is 19.1. The minimum atomic E-state index is -0.823. The third kappa shape index (κ3) is 4.00. The number of nitrogens with zero attached hydrogens (tertiary/aromatic N) is 3. The zero-order valence-corrected chi connectivity index (χ0v) is 15.3. The summed E-state index contributed by atoms with van der Waals surface area (Å²) in [6.07, 6.45) is 1.33. The van der Waals surface area contributed by atoms with Gasteiger partial charge in [0, 0.05) is 6.07 Å². The maximum absolute atomic E-state index is 13.8. The Morgan fingerprint density at radius 1 is 1.03 bits per heavy atom. The molecule has 150 valence electrons. The number of oxazole rings is 1. The Bertz CT molecular complexity index is 1270. The number of hydrogen-bond donors (Lipinski definition) is 0. The molecular weight excluding hydrogens is 396 g/mol. The second kappa shape index (κ2) is 8.08. The molecule has 4 aromatic rings. The molecule has 30 heavy (non-hydrogen) atoms. The van der Waals surface area contributed by atoms with Crippen LogP contribution in [0.4, 0.5) is 8.78 Å². The molecule has 0 aliphatic rings. The minimum Gasteiger partial charge on any atom is -0.451 e. The molecule has 0 spiro atoms. The van der Waals surface area contributed by atoms with E-state index >= 15 is 0 Å². The molecule has 0 bridgehead atoms. The molecule has 4 rings (SSSR count). The van der Waals surface area contributed by atoms with Gasteiger partial charge in [0.05, 0.1) is 17.4 Å². The highest BCUT2D eigenvalue weighted by Crippen LogP contribution is 2.23. The van der Waals surface area contributed by atoms with E-state index in [2.05, 4.69) is 10.1 Å². The molecule has 2 heterocycles. The summed E-state index contributed by atoms with van der Waals surface area (Å²) in [5.74, 6) is -1.50. The second-order valence-electron chi connectivity index (χ2n) is 6.12. The van der Waals surface area contributed by atoms with E-state index < -0.39 is 23.2 Å². The van der Waals surface area contributed by atoms with Crippen LogP contribution in [-0.2, 0) is 11.3 Å². The number of halogens is 2. The predicted octanol–water partition coefficient (Wildman–Crippen LogP) is 3.52. The quantitative estimate of drug-likeness (QED) is 0.469. The Hall–Kier alpha value is -4.14. The Morgan fingerprint density at radius 2 is 1.80 bits per heavy atom. The van der Waals surface area contributed by atoms with E-state index in [1.54, 1.807) is 12.1 Å². The molecule has 0 fully saturated rings. The fourth-order valence-corrected chi connectivity index (χ4v) is 2.65.